The number of benzene rings is 1. The van der Waals surface area contributed by atoms with Crippen molar-refractivity contribution in [2.45, 2.75) is 38.1 Å². The third-order valence-corrected chi connectivity index (χ3v) is 4.16. The molecule has 1 unspecified atom stereocenters. The Balaban J connectivity index is 1.63. The average Bonchev–Trinajstić information content (AvgIpc) is 2.89. The molecule has 17 heavy (non-hydrogen) atoms. The van der Waals surface area contributed by atoms with E-state index in [1.165, 1.54) is 43.5 Å². The average molecular weight is 230 g/mol. The number of anilines is 1. The molecule has 2 aliphatic rings. The first kappa shape index (κ1) is 11.1. The summed E-state index contributed by atoms with van der Waals surface area (Å²) in [6.45, 7) is 4.69. The highest BCUT2D eigenvalue weighted by molar-refractivity contribution is 5.57. The van der Waals surface area contributed by atoms with Crippen molar-refractivity contribution in [1.82, 2.24) is 0 Å². The summed E-state index contributed by atoms with van der Waals surface area (Å²) >= 11 is 0. The quantitative estimate of drug-likeness (QED) is 0.861. The number of hydrogen-bond acceptors (Lipinski definition) is 2. The van der Waals surface area contributed by atoms with Gasteiger partial charge >= 0.3 is 0 Å². The first-order chi connectivity index (χ1) is 8.16. The van der Waals surface area contributed by atoms with E-state index in [9.17, 15) is 0 Å². The lowest BCUT2D eigenvalue weighted by Crippen LogP contribution is -2.32. The van der Waals surface area contributed by atoms with Gasteiger partial charge in [0.15, 0.2) is 0 Å². The van der Waals surface area contributed by atoms with Gasteiger partial charge in [0.2, 0.25) is 0 Å². The van der Waals surface area contributed by atoms with E-state index in [0.717, 1.165) is 6.54 Å². The molecular weight excluding hydrogens is 208 g/mol. The highest BCUT2D eigenvalue weighted by atomic mass is 15.1. The summed E-state index contributed by atoms with van der Waals surface area (Å²) < 4.78 is 0. The van der Waals surface area contributed by atoms with E-state index >= 15 is 0 Å². The van der Waals surface area contributed by atoms with E-state index < -0.39 is 0 Å². The zero-order valence-corrected chi connectivity index (χ0v) is 10.7. The second-order valence-corrected chi connectivity index (χ2v) is 6.00. The van der Waals surface area contributed by atoms with Crippen LogP contribution in [0.3, 0.4) is 0 Å². The Morgan fingerprint density at radius 1 is 1.35 bits per heavy atom. The summed E-state index contributed by atoms with van der Waals surface area (Å²) in [7, 11) is 0. The molecule has 0 aromatic heterocycles. The monoisotopic (exact) mass is 230 g/mol. The minimum atomic E-state index is 0.193. The van der Waals surface area contributed by atoms with Gasteiger partial charge in [0.05, 0.1) is 0 Å². The maximum atomic E-state index is 6.20. The summed E-state index contributed by atoms with van der Waals surface area (Å²) in [6.07, 6.45) is 4.85. The van der Waals surface area contributed by atoms with Gasteiger partial charge in [0.25, 0.3) is 0 Å². The Labute approximate surface area is 104 Å². The molecule has 1 aromatic carbocycles. The van der Waals surface area contributed by atoms with Crippen LogP contribution in [0.25, 0.3) is 0 Å². The minimum Gasteiger partial charge on any atom is -0.371 e. The molecule has 92 valence electrons. The summed E-state index contributed by atoms with van der Waals surface area (Å²) in [5, 5.41) is 0. The van der Waals surface area contributed by atoms with Gasteiger partial charge in [-0.1, -0.05) is 25.1 Å². The van der Waals surface area contributed by atoms with Gasteiger partial charge in [0.1, 0.15) is 0 Å². The van der Waals surface area contributed by atoms with Crippen LogP contribution in [-0.2, 0) is 6.42 Å². The fourth-order valence-corrected chi connectivity index (χ4v) is 3.10. The standard InChI is InChI=1S/C15H22N2/c1-12(10-15(16)7-8-15)11-17-9-6-13-4-2-3-5-14(13)17/h2-5,12H,6-11,16H2,1H3. The zero-order valence-electron chi connectivity index (χ0n) is 10.7. The molecule has 0 saturated heterocycles. The van der Waals surface area contributed by atoms with E-state index in [4.69, 9.17) is 5.73 Å². The van der Waals surface area contributed by atoms with Crippen LogP contribution in [0.4, 0.5) is 5.69 Å². The highest BCUT2D eigenvalue weighted by Gasteiger charge is 2.39. The second-order valence-electron chi connectivity index (χ2n) is 6.00. The Kier molecular flexibility index (Phi) is 2.62. The lowest BCUT2D eigenvalue weighted by Gasteiger charge is -2.25. The SMILES string of the molecule is CC(CN1CCc2ccccc21)CC1(N)CC1. The maximum Gasteiger partial charge on any atom is 0.0399 e. The molecule has 3 rings (SSSR count). The van der Waals surface area contributed by atoms with Gasteiger partial charge < -0.3 is 10.6 Å². The van der Waals surface area contributed by atoms with Gasteiger partial charge in [-0.15, -0.1) is 0 Å². The molecule has 2 N–H and O–H groups in total. The second kappa shape index (κ2) is 4.02. The lowest BCUT2D eigenvalue weighted by molar-refractivity contribution is 0.450. The summed E-state index contributed by atoms with van der Waals surface area (Å²) in [4.78, 5) is 2.53. The van der Waals surface area contributed by atoms with Gasteiger partial charge in [-0.25, -0.2) is 0 Å². The third kappa shape index (κ3) is 2.32. The van der Waals surface area contributed by atoms with Crippen LogP contribution in [0.2, 0.25) is 0 Å². The molecule has 1 atom stereocenters. The first-order valence-electron chi connectivity index (χ1n) is 6.78. The third-order valence-electron chi connectivity index (χ3n) is 4.16. The number of para-hydroxylation sites is 1. The van der Waals surface area contributed by atoms with E-state index in [-0.39, 0.29) is 5.54 Å². The molecule has 2 nitrogen and oxygen atoms in total. The van der Waals surface area contributed by atoms with Gasteiger partial charge in [-0.05, 0) is 43.2 Å². The number of nitrogens with zero attached hydrogens (tertiary/aromatic N) is 1. The molecule has 0 amide bonds. The van der Waals surface area contributed by atoms with Crippen molar-refractivity contribution >= 4 is 5.69 Å². The van der Waals surface area contributed by atoms with Crippen molar-refractivity contribution in [3.05, 3.63) is 29.8 Å². The first-order valence-corrected chi connectivity index (χ1v) is 6.78. The smallest absolute Gasteiger partial charge is 0.0399 e. The predicted octanol–water partition coefficient (Wildman–Crippen LogP) is 2.57. The molecule has 1 saturated carbocycles. The Morgan fingerprint density at radius 2 is 2.12 bits per heavy atom. The Morgan fingerprint density at radius 3 is 2.88 bits per heavy atom. The predicted molar refractivity (Wildman–Crippen MR) is 72.3 cm³/mol. The van der Waals surface area contributed by atoms with E-state index in [1.807, 2.05) is 0 Å². The van der Waals surface area contributed by atoms with Crippen LogP contribution in [0.1, 0.15) is 31.7 Å². The normalized spacial score (nSPS) is 22.4. The number of fused-ring (bicyclic) bond motifs is 1. The molecular formula is C15H22N2. The van der Waals surface area contributed by atoms with Crippen molar-refractivity contribution in [1.29, 1.82) is 0 Å². The molecule has 0 radical (unpaired) electrons. The van der Waals surface area contributed by atoms with Crippen LogP contribution < -0.4 is 10.6 Å². The fourth-order valence-electron chi connectivity index (χ4n) is 3.10. The molecule has 0 bridgehead atoms. The molecule has 1 aliphatic heterocycles. The zero-order chi connectivity index (χ0) is 11.9. The molecule has 0 spiro atoms. The maximum absolute atomic E-state index is 6.20. The van der Waals surface area contributed by atoms with Crippen LogP contribution in [0.5, 0.6) is 0 Å². The van der Waals surface area contributed by atoms with Crippen molar-refractivity contribution in [3.63, 3.8) is 0 Å². The van der Waals surface area contributed by atoms with Gasteiger partial charge in [-0.3, -0.25) is 0 Å². The highest BCUT2D eigenvalue weighted by Crippen LogP contribution is 2.39. The van der Waals surface area contributed by atoms with Crippen LogP contribution in [-0.4, -0.2) is 18.6 Å². The fraction of sp³-hybridized carbons (Fsp3) is 0.600. The van der Waals surface area contributed by atoms with E-state index in [1.54, 1.807) is 0 Å². The number of nitrogens with two attached hydrogens (primary N) is 1. The van der Waals surface area contributed by atoms with Crippen molar-refractivity contribution in [2.75, 3.05) is 18.0 Å². The minimum absolute atomic E-state index is 0.193. The van der Waals surface area contributed by atoms with Crippen molar-refractivity contribution in [3.8, 4) is 0 Å². The van der Waals surface area contributed by atoms with E-state index in [0.29, 0.717) is 5.92 Å². The van der Waals surface area contributed by atoms with Crippen molar-refractivity contribution < 1.29 is 0 Å². The molecule has 1 heterocycles. The number of rotatable bonds is 4. The van der Waals surface area contributed by atoms with Crippen molar-refractivity contribution in [2.24, 2.45) is 11.7 Å². The largest absolute Gasteiger partial charge is 0.371 e. The van der Waals surface area contributed by atoms with E-state index in [2.05, 4.69) is 36.1 Å². The molecule has 1 aromatic rings. The van der Waals surface area contributed by atoms with Gasteiger partial charge in [-0.2, -0.15) is 0 Å². The van der Waals surface area contributed by atoms with Crippen LogP contribution >= 0.6 is 0 Å². The Bertz CT molecular complexity index is 409. The molecule has 2 heteroatoms. The topological polar surface area (TPSA) is 29.3 Å². The van der Waals surface area contributed by atoms with Crippen LogP contribution in [0, 0.1) is 5.92 Å². The summed E-state index contributed by atoms with van der Waals surface area (Å²) in [6, 6.07) is 8.80. The van der Waals surface area contributed by atoms with Crippen LogP contribution in [0.15, 0.2) is 24.3 Å². The summed E-state index contributed by atoms with van der Waals surface area (Å²) in [5.74, 6) is 0.702. The van der Waals surface area contributed by atoms with Gasteiger partial charge in [0, 0.05) is 24.3 Å². The molecule has 1 aliphatic carbocycles. The molecule has 1 fully saturated rings. The lowest BCUT2D eigenvalue weighted by atomic mass is 10.00. The summed E-state index contributed by atoms with van der Waals surface area (Å²) in [5.41, 5.74) is 9.34. The number of hydrogen-bond donors (Lipinski definition) is 1. The Hall–Kier alpha value is -1.02.